The van der Waals surface area contributed by atoms with Gasteiger partial charge in [0, 0.05) is 7.05 Å². The molecule has 1 aromatic rings. The van der Waals surface area contributed by atoms with Crippen LogP contribution in [0, 0.1) is 0 Å². The van der Waals surface area contributed by atoms with Gasteiger partial charge in [-0.15, -0.1) is 0 Å². The molecule has 1 aromatic carbocycles. The van der Waals surface area contributed by atoms with Crippen molar-refractivity contribution in [2.45, 2.75) is 19.9 Å². The second kappa shape index (κ2) is 6.51. The number of likely N-dealkylation sites (N-methyl/N-ethyl adjacent to an activating group) is 1. The van der Waals surface area contributed by atoms with Gasteiger partial charge < -0.3 is 14.8 Å². The smallest absolute Gasteiger partial charge is 0.355 e. The van der Waals surface area contributed by atoms with Crippen molar-refractivity contribution in [1.29, 1.82) is 0 Å². The maximum Gasteiger partial charge on any atom is 0.355 e. The lowest BCUT2D eigenvalue weighted by atomic mass is 9.96. The fourth-order valence-electron chi connectivity index (χ4n) is 2.46. The summed E-state index contributed by atoms with van der Waals surface area (Å²) in [6, 6.07) is 6.65. The molecule has 0 radical (unpaired) electrons. The lowest BCUT2D eigenvalue weighted by Gasteiger charge is -2.33. The normalized spacial score (nSPS) is 18.1. The lowest BCUT2D eigenvalue weighted by Crippen LogP contribution is -2.46. The maximum atomic E-state index is 12.1. The molecular weight excluding hydrogens is 284 g/mol. The largest absolute Gasteiger partial charge is 0.497 e. The fourth-order valence-corrected chi connectivity index (χ4v) is 2.46. The molecule has 0 fully saturated rings. The van der Waals surface area contributed by atoms with Gasteiger partial charge in [-0.05, 0) is 37.1 Å². The molecule has 0 aliphatic carbocycles. The number of urea groups is 1. The topological polar surface area (TPSA) is 67.9 Å². The zero-order valence-corrected chi connectivity index (χ0v) is 13.2. The minimum Gasteiger partial charge on any atom is -0.497 e. The highest BCUT2D eigenvalue weighted by atomic mass is 16.5. The zero-order chi connectivity index (χ0) is 16.3. The third-order valence-corrected chi connectivity index (χ3v) is 3.63. The second-order valence-corrected chi connectivity index (χ2v) is 4.97. The van der Waals surface area contributed by atoms with Gasteiger partial charge in [-0.2, -0.15) is 0 Å². The summed E-state index contributed by atoms with van der Waals surface area (Å²) in [6.07, 6.45) is 0. The number of hydrogen-bond donors (Lipinski definition) is 1. The summed E-state index contributed by atoms with van der Waals surface area (Å²) in [5, 5.41) is 2.88. The molecule has 118 valence electrons. The van der Waals surface area contributed by atoms with E-state index >= 15 is 0 Å². The predicted molar refractivity (Wildman–Crippen MR) is 81.4 cm³/mol. The minimum atomic E-state index is -0.490. The zero-order valence-electron chi connectivity index (χ0n) is 13.2. The first kappa shape index (κ1) is 15.9. The Kier molecular flexibility index (Phi) is 4.70. The van der Waals surface area contributed by atoms with Crippen molar-refractivity contribution in [3.8, 4) is 5.75 Å². The van der Waals surface area contributed by atoms with E-state index in [1.165, 1.54) is 4.90 Å². The van der Waals surface area contributed by atoms with E-state index in [0.717, 1.165) is 16.9 Å². The third-order valence-electron chi connectivity index (χ3n) is 3.63. The maximum absolute atomic E-state index is 12.1. The molecule has 0 saturated heterocycles. The summed E-state index contributed by atoms with van der Waals surface area (Å²) in [5.41, 5.74) is 1.90. The summed E-state index contributed by atoms with van der Waals surface area (Å²) in [5.74, 6) is 0.242. The lowest BCUT2D eigenvalue weighted by molar-refractivity contribution is -0.140. The first-order valence-corrected chi connectivity index (χ1v) is 7.05. The van der Waals surface area contributed by atoms with Crippen LogP contribution in [0.25, 0.3) is 0 Å². The molecule has 6 heteroatoms. The van der Waals surface area contributed by atoms with E-state index in [0.29, 0.717) is 0 Å². The van der Waals surface area contributed by atoms with Gasteiger partial charge in [0.2, 0.25) is 0 Å². The number of hydrogen-bond acceptors (Lipinski definition) is 4. The molecule has 1 atom stereocenters. The van der Waals surface area contributed by atoms with E-state index in [4.69, 9.17) is 9.47 Å². The highest BCUT2D eigenvalue weighted by molar-refractivity contribution is 5.96. The van der Waals surface area contributed by atoms with Crippen molar-refractivity contribution in [3.05, 3.63) is 41.1 Å². The van der Waals surface area contributed by atoms with Crippen LogP contribution in [0.4, 0.5) is 4.79 Å². The van der Waals surface area contributed by atoms with Gasteiger partial charge in [0.05, 0.1) is 19.8 Å². The van der Waals surface area contributed by atoms with Crippen LogP contribution in [0.15, 0.2) is 35.5 Å². The van der Waals surface area contributed by atoms with Crippen LogP contribution in [0.1, 0.15) is 25.5 Å². The molecule has 0 spiro atoms. The second-order valence-electron chi connectivity index (χ2n) is 4.97. The quantitative estimate of drug-likeness (QED) is 0.866. The van der Waals surface area contributed by atoms with Gasteiger partial charge in [0.1, 0.15) is 11.4 Å². The molecule has 1 heterocycles. The average molecular weight is 304 g/mol. The van der Waals surface area contributed by atoms with Gasteiger partial charge in [-0.25, -0.2) is 9.59 Å². The Morgan fingerprint density at radius 3 is 2.50 bits per heavy atom. The molecule has 0 bridgehead atoms. The number of nitrogens with one attached hydrogen (secondary N) is 1. The van der Waals surface area contributed by atoms with Crippen LogP contribution in [-0.4, -0.2) is 37.7 Å². The SMILES string of the molecule is CCOC(=O)C1=C(C)C(c2ccc(OC)cc2)NC(=O)N1C. The Morgan fingerprint density at radius 1 is 1.32 bits per heavy atom. The molecular formula is C16H20N2O4. The van der Waals surface area contributed by atoms with Gasteiger partial charge >= 0.3 is 12.0 Å². The van der Waals surface area contributed by atoms with Crippen molar-refractivity contribution < 1.29 is 19.1 Å². The molecule has 6 nitrogen and oxygen atoms in total. The van der Waals surface area contributed by atoms with E-state index < -0.39 is 5.97 Å². The van der Waals surface area contributed by atoms with Crippen LogP contribution in [-0.2, 0) is 9.53 Å². The van der Waals surface area contributed by atoms with Gasteiger partial charge in [-0.1, -0.05) is 12.1 Å². The summed E-state index contributed by atoms with van der Waals surface area (Å²) in [6.45, 7) is 3.81. The van der Waals surface area contributed by atoms with Crippen LogP contribution in [0.3, 0.4) is 0 Å². The predicted octanol–water partition coefficient (Wildman–Crippen LogP) is 2.23. The molecule has 0 saturated carbocycles. The molecule has 1 aliphatic heterocycles. The van der Waals surface area contributed by atoms with Crippen LogP contribution < -0.4 is 10.1 Å². The highest BCUT2D eigenvalue weighted by Gasteiger charge is 2.33. The first-order valence-electron chi connectivity index (χ1n) is 7.05. The van der Waals surface area contributed by atoms with Gasteiger partial charge in [0.25, 0.3) is 0 Å². The van der Waals surface area contributed by atoms with E-state index in [9.17, 15) is 9.59 Å². The third kappa shape index (κ3) is 2.90. The molecule has 1 unspecified atom stereocenters. The number of ether oxygens (including phenoxy) is 2. The van der Waals surface area contributed by atoms with Crippen molar-refractivity contribution in [2.24, 2.45) is 0 Å². The average Bonchev–Trinajstić information content (AvgIpc) is 2.51. The van der Waals surface area contributed by atoms with Gasteiger partial charge in [-0.3, -0.25) is 4.90 Å². The van der Waals surface area contributed by atoms with Crippen molar-refractivity contribution in [3.63, 3.8) is 0 Å². The number of carbonyl (C=O) groups is 2. The Labute approximate surface area is 129 Å². The molecule has 1 N–H and O–H groups in total. The van der Waals surface area contributed by atoms with E-state index in [1.54, 1.807) is 21.1 Å². The number of amides is 2. The van der Waals surface area contributed by atoms with E-state index in [-0.39, 0.29) is 24.4 Å². The number of esters is 1. The number of methoxy groups -OCH3 is 1. The Balaban J connectivity index is 2.41. The first-order chi connectivity index (χ1) is 10.5. The summed E-state index contributed by atoms with van der Waals surface area (Å²) in [4.78, 5) is 25.5. The Bertz CT molecular complexity index is 607. The number of benzene rings is 1. The molecule has 2 rings (SSSR count). The number of carbonyl (C=O) groups excluding carboxylic acids is 2. The molecule has 0 aromatic heterocycles. The molecule has 22 heavy (non-hydrogen) atoms. The van der Waals surface area contributed by atoms with Crippen LogP contribution >= 0.6 is 0 Å². The van der Waals surface area contributed by atoms with E-state index in [2.05, 4.69) is 5.32 Å². The monoisotopic (exact) mass is 304 g/mol. The summed E-state index contributed by atoms with van der Waals surface area (Å²) >= 11 is 0. The van der Waals surface area contributed by atoms with E-state index in [1.807, 2.05) is 31.2 Å². The van der Waals surface area contributed by atoms with Crippen LogP contribution in [0.5, 0.6) is 5.75 Å². The summed E-state index contributed by atoms with van der Waals surface area (Å²) in [7, 11) is 3.14. The van der Waals surface area contributed by atoms with Crippen LogP contribution in [0.2, 0.25) is 0 Å². The Hall–Kier alpha value is -2.50. The van der Waals surface area contributed by atoms with Crippen molar-refractivity contribution in [1.82, 2.24) is 10.2 Å². The molecule has 2 amide bonds. The highest BCUT2D eigenvalue weighted by Crippen LogP contribution is 2.30. The Morgan fingerprint density at radius 2 is 1.95 bits per heavy atom. The standard InChI is InChI=1S/C16H20N2O4/c1-5-22-15(19)14-10(2)13(17-16(20)18(14)3)11-6-8-12(21-4)9-7-11/h6-9,13H,5H2,1-4H3,(H,17,20). The summed E-state index contributed by atoms with van der Waals surface area (Å²) < 4.78 is 10.2. The van der Waals surface area contributed by atoms with Crippen molar-refractivity contribution in [2.75, 3.05) is 20.8 Å². The number of rotatable bonds is 4. The fraction of sp³-hybridized carbons (Fsp3) is 0.375. The van der Waals surface area contributed by atoms with Crippen molar-refractivity contribution >= 4 is 12.0 Å². The minimum absolute atomic E-state index is 0.262. The molecule has 1 aliphatic rings. The number of nitrogens with zero attached hydrogens (tertiary/aromatic N) is 1. The van der Waals surface area contributed by atoms with Gasteiger partial charge in [0.15, 0.2) is 0 Å².